The highest BCUT2D eigenvalue weighted by Crippen LogP contribution is 2.17. The fourth-order valence-corrected chi connectivity index (χ4v) is 1.94. The molecule has 1 aliphatic rings. The fourth-order valence-electron chi connectivity index (χ4n) is 1.25. The molecule has 0 bridgehead atoms. The minimum absolute atomic E-state index is 0.0127. The van der Waals surface area contributed by atoms with E-state index in [2.05, 4.69) is 10.6 Å². The molecule has 0 saturated carbocycles. The Hall–Kier alpha value is -0.870. The van der Waals surface area contributed by atoms with Gasteiger partial charge in [-0.05, 0) is 29.3 Å². The lowest BCUT2D eigenvalue weighted by atomic mass is 10.3. The normalized spacial score (nSPS) is 28.9. The number of hydrogen-bond acceptors (Lipinski definition) is 3. The molecule has 2 rings (SSSR count). The van der Waals surface area contributed by atoms with E-state index in [1.54, 1.807) is 11.3 Å². The zero-order valence-electron chi connectivity index (χ0n) is 6.70. The summed E-state index contributed by atoms with van der Waals surface area (Å²) >= 11 is 1.64. The topological polar surface area (TPSA) is 41.1 Å². The lowest BCUT2D eigenvalue weighted by molar-refractivity contribution is -0.120. The van der Waals surface area contributed by atoms with Crippen LogP contribution in [-0.4, -0.2) is 11.9 Å². The van der Waals surface area contributed by atoms with E-state index in [1.165, 1.54) is 0 Å². The minimum Gasteiger partial charge on any atom is -0.335 e. The smallest absolute Gasteiger partial charge is 0.238 e. The van der Waals surface area contributed by atoms with Gasteiger partial charge in [0.05, 0.1) is 6.04 Å². The van der Waals surface area contributed by atoms with Gasteiger partial charge in [-0.3, -0.25) is 10.1 Å². The summed E-state index contributed by atoms with van der Waals surface area (Å²) in [4.78, 5) is 11.1. The monoisotopic (exact) mass is 182 g/mol. The van der Waals surface area contributed by atoms with E-state index in [-0.39, 0.29) is 18.1 Å². The summed E-state index contributed by atoms with van der Waals surface area (Å²) in [5.74, 6) is 0.0752. The second-order valence-corrected chi connectivity index (χ2v) is 3.67. The maximum Gasteiger partial charge on any atom is 0.238 e. The van der Waals surface area contributed by atoms with Crippen molar-refractivity contribution in [2.45, 2.75) is 19.1 Å². The average Bonchev–Trinajstić information content (AvgIpc) is 2.61. The summed E-state index contributed by atoms with van der Waals surface area (Å²) in [6.45, 7) is 1.86. The van der Waals surface area contributed by atoms with E-state index in [0.717, 1.165) is 5.56 Å². The molecule has 64 valence electrons. The minimum atomic E-state index is -0.0742. The van der Waals surface area contributed by atoms with Crippen molar-refractivity contribution in [1.82, 2.24) is 10.6 Å². The first kappa shape index (κ1) is 7.76. The second-order valence-electron chi connectivity index (χ2n) is 2.89. The highest BCUT2D eigenvalue weighted by Gasteiger charge is 2.28. The third-order valence-electron chi connectivity index (χ3n) is 1.97. The SMILES string of the molecule is CC1NC(c2ccsc2)NC1=O. The molecule has 0 aliphatic carbocycles. The first-order valence-electron chi connectivity index (χ1n) is 3.86. The molecule has 12 heavy (non-hydrogen) atoms. The van der Waals surface area contributed by atoms with E-state index in [1.807, 2.05) is 23.8 Å². The molecule has 0 radical (unpaired) electrons. The van der Waals surface area contributed by atoms with Gasteiger partial charge < -0.3 is 5.32 Å². The molecule has 0 spiro atoms. The number of hydrogen-bond donors (Lipinski definition) is 2. The maximum atomic E-state index is 11.1. The van der Waals surface area contributed by atoms with E-state index < -0.39 is 0 Å². The lowest BCUT2D eigenvalue weighted by Crippen LogP contribution is -2.24. The number of thiophene rings is 1. The Labute approximate surface area is 74.8 Å². The van der Waals surface area contributed by atoms with Crippen molar-refractivity contribution in [3.05, 3.63) is 22.4 Å². The van der Waals surface area contributed by atoms with Crippen molar-refractivity contribution >= 4 is 17.2 Å². The first-order valence-corrected chi connectivity index (χ1v) is 4.80. The summed E-state index contributed by atoms with van der Waals surface area (Å²) in [7, 11) is 0. The molecule has 1 aromatic heterocycles. The van der Waals surface area contributed by atoms with Crippen LogP contribution in [0.15, 0.2) is 16.8 Å². The highest BCUT2D eigenvalue weighted by molar-refractivity contribution is 7.07. The standard InChI is InChI=1S/C8H10N2OS/c1-5-8(11)10-7(9-5)6-2-3-12-4-6/h2-5,7,9H,1H3,(H,10,11). The van der Waals surface area contributed by atoms with Crippen LogP contribution in [0.4, 0.5) is 0 Å². The average molecular weight is 182 g/mol. The third kappa shape index (κ3) is 1.23. The molecule has 1 amide bonds. The van der Waals surface area contributed by atoms with Crippen LogP contribution in [0.25, 0.3) is 0 Å². The molecule has 1 aromatic rings. The van der Waals surface area contributed by atoms with E-state index in [4.69, 9.17) is 0 Å². The van der Waals surface area contributed by atoms with Crippen LogP contribution < -0.4 is 10.6 Å². The molecule has 3 nitrogen and oxygen atoms in total. The summed E-state index contributed by atoms with van der Waals surface area (Å²) in [6.07, 6.45) is 0.0127. The fraction of sp³-hybridized carbons (Fsp3) is 0.375. The van der Waals surface area contributed by atoms with Crippen LogP contribution >= 0.6 is 11.3 Å². The van der Waals surface area contributed by atoms with Gasteiger partial charge in [-0.1, -0.05) is 0 Å². The maximum absolute atomic E-state index is 11.1. The number of nitrogens with one attached hydrogen (secondary N) is 2. The van der Waals surface area contributed by atoms with Crippen LogP contribution in [0.5, 0.6) is 0 Å². The van der Waals surface area contributed by atoms with Gasteiger partial charge in [-0.2, -0.15) is 11.3 Å². The van der Waals surface area contributed by atoms with Crippen LogP contribution in [0, 0.1) is 0 Å². The highest BCUT2D eigenvalue weighted by atomic mass is 32.1. The first-order chi connectivity index (χ1) is 5.77. The Morgan fingerprint density at radius 3 is 2.92 bits per heavy atom. The molecule has 0 aromatic carbocycles. The molecule has 2 heterocycles. The summed E-state index contributed by atoms with van der Waals surface area (Å²) < 4.78 is 0. The van der Waals surface area contributed by atoms with Crippen molar-refractivity contribution in [2.24, 2.45) is 0 Å². The second kappa shape index (κ2) is 2.88. The lowest BCUT2D eigenvalue weighted by Gasteiger charge is -2.07. The molecule has 1 saturated heterocycles. The van der Waals surface area contributed by atoms with Crippen LogP contribution in [0.3, 0.4) is 0 Å². The van der Waals surface area contributed by atoms with Crippen molar-refractivity contribution < 1.29 is 4.79 Å². The van der Waals surface area contributed by atoms with Gasteiger partial charge in [0, 0.05) is 0 Å². The van der Waals surface area contributed by atoms with Gasteiger partial charge in [0.15, 0.2) is 0 Å². The largest absolute Gasteiger partial charge is 0.335 e. The summed E-state index contributed by atoms with van der Waals surface area (Å²) in [6, 6.07) is 1.94. The van der Waals surface area contributed by atoms with Gasteiger partial charge in [-0.25, -0.2) is 0 Å². The zero-order valence-corrected chi connectivity index (χ0v) is 7.52. The predicted molar refractivity (Wildman–Crippen MR) is 47.8 cm³/mol. The predicted octanol–water partition coefficient (Wildman–Crippen LogP) is 0.855. The Kier molecular flexibility index (Phi) is 1.86. The van der Waals surface area contributed by atoms with Crippen LogP contribution in [0.1, 0.15) is 18.7 Å². The Morgan fingerprint density at radius 1 is 1.58 bits per heavy atom. The molecule has 1 aliphatic heterocycles. The van der Waals surface area contributed by atoms with Gasteiger partial charge >= 0.3 is 0 Å². The van der Waals surface area contributed by atoms with Crippen molar-refractivity contribution in [3.8, 4) is 0 Å². The van der Waals surface area contributed by atoms with Crippen LogP contribution in [0.2, 0.25) is 0 Å². The number of carbonyl (C=O) groups is 1. The Balaban J connectivity index is 2.14. The molecular weight excluding hydrogens is 172 g/mol. The number of rotatable bonds is 1. The Bertz CT molecular complexity index is 283. The summed E-state index contributed by atoms with van der Waals surface area (Å²) in [5, 5.41) is 10.1. The van der Waals surface area contributed by atoms with E-state index in [9.17, 15) is 4.79 Å². The van der Waals surface area contributed by atoms with Crippen molar-refractivity contribution in [1.29, 1.82) is 0 Å². The molecule has 2 unspecified atom stereocenters. The zero-order chi connectivity index (χ0) is 8.55. The van der Waals surface area contributed by atoms with Crippen molar-refractivity contribution in [3.63, 3.8) is 0 Å². The van der Waals surface area contributed by atoms with E-state index >= 15 is 0 Å². The van der Waals surface area contributed by atoms with E-state index in [0.29, 0.717) is 0 Å². The summed E-state index contributed by atoms with van der Waals surface area (Å²) in [5.41, 5.74) is 1.14. The molecule has 4 heteroatoms. The molecular formula is C8H10N2OS. The van der Waals surface area contributed by atoms with Gasteiger partial charge in [0.25, 0.3) is 0 Å². The van der Waals surface area contributed by atoms with Gasteiger partial charge in [0.1, 0.15) is 6.17 Å². The molecule has 2 N–H and O–H groups in total. The Morgan fingerprint density at radius 2 is 2.42 bits per heavy atom. The molecule has 1 fully saturated rings. The molecule has 2 atom stereocenters. The number of amides is 1. The number of carbonyl (C=O) groups excluding carboxylic acids is 1. The van der Waals surface area contributed by atoms with Gasteiger partial charge in [-0.15, -0.1) is 0 Å². The van der Waals surface area contributed by atoms with Crippen molar-refractivity contribution in [2.75, 3.05) is 0 Å². The third-order valence-corrected chi connectivity index (χ3v) is 2.67. The van der Waals surface area contributed by atoms with Gasteiger partial charge in [0.2, 0.25) is 5.91 Å². The quantitative estimate of drug-likeness (QED) is 0.676. The van der Waals surface area contributed by atoms with Crippen LogP contribution in [-0.2, 0) is 4.79 Å².